The van der Waals surface area contributed by atoms with E-state index in [-0.39, 0.29) is 6.04 Å². The smallest absolute Gasteiger partial charge is 0.246 e. The Morgan fingerprint density at radius 1 is 1.50 bits per heavy atom. The first-order valence-corrected chi connectivity index (χ1v) is 8.19. The van der Waals surface area contributed by atoms with Crippen molar-refractivity contribution in [2.24, 2.45) is 0 Å². The molecule has 0 amide bonds. The number of morpholine rings is 1. The van der Waals surface area contributed by atoms with Crippen LogP contribution in [0.5, 0.6) is 5.75 Å². The maximum Gasteiger partial charge on any atom is 0.246 e. The van der Waals surface area contributed by atoms with Crippen LogP contribution in [-0.4, -0.2) is 41.4 Å². The minimum atomic E-state index is -0.0459. The van der Waals surface area contributed by atoms with Crippen LogP contribution in [0.4, 0.5) is 0 Å². The molecule has 0 saturated carbocycles. The molecule has 1 atom stereocenters. The van der Waals surface area contributed by atoms with E-state index in [1.54, 1.807) is 6.08 Å². The van der Waals surface area contributed by atoms with Crippen molar-refractivity contribution in [1.29, 1.82) is 0 Å². The third-order valence-electron chi connectivity index (χ3n) is 3.81. The molecule has 0 spiro atoms. The minimum Gasteiger partial charge on any atom is -0.488 e. The number of nitrogens with zero attached hydrogens (tertiary/aromatic N) is 3. The number of hydrogen-bond donors (Lipinski definition) is 0. The normalized spacial score (nSPS) is 18.5. The van der Waals surface area contributed by atoms with Crippen molar-refractivity contribution < 1.29 is 14.0 Å². The molecular formula is C17H20ClN3O3. The van der Waals surface area contributed by atoms with Gasteiger partial charge in [-0.2, -0.15) is 4.98 Å². The molecule has 0 unspecified atom stereocenters. The third kappa shape index (κ3) is 3.95. The third-order valence-corrected chi connectivity index (χ3v) is 4.10. The molecule has 0 radical (unpaired) electrons. The van der Waals surface area contributed by atoms with Gasteiger partial charge in [-0.25, -0.2) is 0 Å². The maximum atomic E-state index is 6.30. The minimum absolute atomic E-state index is 0.0459. The molecule has 2 heterocycles. The van der Waals surface area contributed by atoms with Crippen molar-refractivity contribution in [1.82, 2.24) is 15.0 Å². The van der Waals surface area contributed by atoms with Crippen molar-refractivity contribution in [2.45, 2.75) is 19.5 Å². The molecule has 24 heavy (non-hydrogen) atoms. The summed E-state index contributed by atoms with van der Waals surface area (Å²) in [7, 11) is 0. The van der Waals surface area contributed by atoms with Crippen LogP contribution in [0.1, 0.15) is 23.3 Å². The summed E-state index contributed by atoms with van der Waals surface area (Å²) in [5, 5.41) is 4.46. The molecule has 1 aliphatic heterocycles. The molecule has 1 fully saturated rings. The molecule has 6 nitrogen and oxygen atoms in total. The van der Waals surface area contributed by atoms with Crippen LogP contribution in [0.2, 0.25) is 5.02 Å². The van der Waals surface area contributed by atoms with Crippen molar-refractivity contribution in [3.05, 3.63) is 53.2 Å². The highest BCUT2D eigenvalue weighted by molar-refractivity contribution is 6.32. The topological polar surface area (TPSA) is 60.6 Å². The summed E-state index contributed by atoms with van der Waals surface area (Å²) in [6.45, 7) is 8.60. The number of aryl methyl sites for hydroxylation is 1. The van der Waals surface area contributed by atoms with E-state index in [2.05, 4.69) is 21.6 Å². The van der Waals surface area contributed by atoms with Crippen molar-refractivity contribution in [2.75, 3.05) is 26.4 Å². The average molecular weight is 350 g/mol. The zero-order chi connectivity index (χ0) is 16.9. The van der Waals surface area contributed by atoms with Crippen LogP contribution in [0.3, 0.4) is 0 Å². The lowest BCUT2D eigenvalue weighted by Crippen LogP contribution is -2.39. The number of benzene rings is 1. The van der Waals surface area contributed by atoms with Crippen LogP contribution in [0, 0.1) is 6.92 Å². The summed E-state index contributed by atoms with van der Waals surface area (Å²) in [6.07, 6.45) is 1.69. The molecule has 3 rings (SSSR count). The highest BCUT2D eigenvalue weighted by Crippen LogP contribution is 2.29. The Balaban J connectivity index is 1.73. The Bertz CT molecular complexity index is 704. The molecule has 0 N–H and O–H groups in total. The van der Waals surface area contributed by atoms with Gasteiger partial charge in [-0.3, -0.25) is 4.90 Å². The number of hydrogen-bond acceptors (Lipinski definition) is 6. The second kappa shape index (κ2) is 7.79. The van der Waals surface area contributed by atoms with Gasteiger partial charge in [0.15, 0.2) is 5.82 Å². The monoisotopic (exact) mass is 349 g/mol. The lowest BCUT2D eigenvalue weighted by atomic mass is 10.1. The average Bonchev–Trinajstić information content (AvgIpc) is 3.01. The molecule has 0 bridgehead atoms. The highest BCUT2D eigenvalue weighted by Gasteiger charge is 2.29. The van der Waals surface area contributed by atoms with Gasteiger partial charge in [0, 0.05) is 13.1 Å². The lowest BCUT2D eigenvalue weighted by molar-refractivity contribution is -0.0241. The van der Waals surface area contributed by atoms with E-state index in [9.17, 15) is 0 Å². The first-order chi connectivity index (χ1) is 11.7. The van der Waals surface area contributed by atoms with Crippen LogP contribution in [-0.2, 0) is 11.3 Å². The van der Waals surface area contributed by atoms with Gasteiger partial charge in [0.2, 0.25) is 5.89 Å². The van der Waals surface area contributed by atoms with Crippen LogP contribution in [0.25, 0.3) is 0 Å². The van der Waals surface area contributed by atoms with E-state index in [4.69, 9.17) is 25.6 Å². The van der Waals surface area contributed by atoms with Crippen LogP contribution < -0.4 is 4.74 Å². The summed E-state index contributed by atoms with van der Waals surface area (Å²) in [5.74, 6) is 1.87. The Morgan fingerprint density at radius 2 is 2.38 bits per heavy atom. The predicted octanol–water partition coefficient (Wildman–Crippen LogP) is 3.17. The molecule has 0 aliphatic carbocycles. The largest absolute Gasteiger partial charge is 0.488 e. The Labute approximate surface area is 146 Å². The Morgan fingerprint density at radius 3 is 3.08 bits per heavy atom. The number of ether oxygens (including phenoxy) is 2. The van der Waals surface area contributed by atoms with E-state index in [0.717, 1.165) is 18.7 Å². The second-order valence-corrected chi connectivity index (χ2v) is 6.01. The number of halogens is 1. The van der Waals surface area contributed by atoms with Crippen LogP contribution >= 0.6 is 11.6 Å². The maximum absolute atomic E-state index is 6.30. The van der Waals surface area contributed by atoms with Crippen LogP contribution in [0.15, 0.2) is 35.4 Å². The highest BCUT2D eigenvalue weighted by atomic mass is 35.5. The molecule has 2 aromatic rings. The van der Waals surface area contributed by atoms with E-state index in [1.807, 2.05) is 25.1 Å². The van der Waals surface area contributed by atoms with Gasteiger partial charge < -0.3 is 14.0 Å². The zero-order valence-corrected chi connectivity index (χ0v) is 14.3. The first kappa shape index (κ1) is 17.0. The zero-order valence-electron chi connectivity index (χ0n) is 13.6. The predicted molar refractivity (Wildman–Crippen MR) is 90.1 cm³/mol. The SMILES string of the molecule is C=CCOc1ccc(CN2CCOC[C@H]2c2nc(C)no2)cc1Cl. The molecule has 1 aromatic heterocycles. The Kier molecular flexibility index (Phi) is 5.50. The fourth-order valence-corrected chi connectivity index (χ4v) is 2.90. The van der Waals surface area contributed by atoms with Gasteiger partial charge in [0.05, 0.1) is 18.2 Å². The lowest BCUT2D eigenvalue weighted by Gasteiger charge is -2.33. The van der Waals surface area contributed by atoms with E-state index in [0.29, 0.717) is 42.3 Å². The van der Waals surface area contributed by atoms with E-state index in [1.165, 1.54) is 0 Å². The van der Waals surface area contributed by atoms with E-state index < -0.39 is 0 Å². The first-order valence-electron chi connectivity index (χ1n) is 7.81. The Hall–Kier alpha value is -1.89. The van der Waals surface area contributed by atoms with Gasteiger partial charge >= 0.3 is 0 Å². The van der Waals surface area contributed by atoms with Gasteiger partial charge in [-0.15, -0.1) is 0 Å². The second-order valence-electron chi connectivity index (χ2n) is 5.61. The van der Waals surface area contributed by atoms with Crippen molar-refractivity contribution in [3.8, 4) is 5.75 Å². The molecule has 128 valence electrons. The fourth-order valence-electron chi connectivity index (χ4n) is 2.65. The number of rotatable bonds is 6. The van der Waals surface area contributed by atoms with Gasteiger partial charge in [0.1, 0.15) is 18.4 Å². The quantitative estimate of drug-likeness (QED) is 0.746. The summed E-state index contributed by atoms with van der Waals surface area (Å²) in [6, 6.07) is 5.77. The summed E-state index contributed by atoms with van der Waals surface area (Å²) in [5.41, 5.74) is 1.09. The van der Waals surface area contributed by atoms with Gasteiger partial charge in [-0.05, 0) is 24.6 Å². The van der Waals surface area contributed by atoms with E-state index >= 15 is 0 Å². The number of aromatic nitrogens is 2. The molecule has 1 aromatic carbocycles. The summed E-state index contributed by atoms with van der Waals surface area (Å²) in [4.78, 5) is 6.59. The van der Waals surface area contributed by atoms with Crippen molar-refractivity contribution in [3.63, 3.8) is 0 Å². The molecule has 1 saturated heterocycles. The summed E-state index contributed by atoms with van der Waals surface area (Å²) >= 11 is 6.30. The summed E-state index contributed by atoms with van der Waals surface area (Å²) < 4.78 is 16.4. The standard InChI is InChI=1S/C17H20ClN3O3/c1-3-7-23-16-5-4-13(9-14(16)18)10-21-6-8-22-11-15(21)17-19-12(2)20-24-17/h3-5,9,15H,1,6-8,10-11H2,2H3/t15-/m0/s1. The molecule has 1 aliphatic rings. The molecular weight excluding hydrogens is 330 g/mol. The van der Waals surface area contributed by atoms with Crippen molar-refractivity contribution >= 4 is 11.6 Å². The molecule has 7 heteroatoms. The van der Waals surface area contributed by atoms with Gasteiger partial charge in [-0.1, -0.05) is 35.5 Å². The fraction of sp³-hybridized carbons (Fsp3) is 0.412. The van der Waals surface area contributed by atoms with Gasteiger partial charge in [0.25, 0.3) is 0 Å².